The van der Waals surface area contributed by atoms with Crippen LogP contribution in [0, 0.1) is 0 Å². The first kappa shape index (κ1) is 18.2. The maximum absolute atomic E-state index is 11.5. The Morgan fingerprint density at radius 3 is 2.26 bits per heavy atom. The quantitative estimate of drug-likeness (QED) is 0.337. The van der Waals surface area contributed by atoms with Gasteiger partial charge in [0.25, 0.3) is 0 Å². The molecule has 1 rings (SSSR count). The van der Waals surface area contributed by atoms with Gasteiger partial charge in [-0.3, -0.25) is 4.79 Å². The molecule has 23 heavy (non-hydrogen) atoms. The number of phenolic OH excluding ortho intramolecular Hbond substituents is 1. The van der Waals surface area contributed by atoms with Gasteiger partial charge in [-0.15, -0.1) is 0 Å². The fourth-order valence-electron chi connectivity index (χ4n) is 1.46. The van der Waals surface area contributed by atoms with Crippen molar-refractivity contribution in [3.63, 3.8) is 0 Å². The van der Waals surface area contributed by atoms with Crippen molar-refractivity contribution in [2.45, 2.75) is 19.8 Å². The van der Waals surface area contributed by atoms with E-state index in [1.807, 2.05) is 0 Å². The lowest BCUT2D eigenvalue weighted by molar-refractivity contribution is -0.141. The molecule has 0 saturated heterocycles. The molecule has 0 atom stereocenters. The van der Waals surface area contributed by atoms with E-state index in [-0.39, 0.29) is 31.8 Å². The Morgan fingerprint density at radius 1 is 1.04 bits per heavy atom. The number of hydrogen-bond acceptors (Lipinski definition) is 7. The predicted octanol–water partition coefficient (Wildman–Crippen LogP) is 1.74. The Morgan fingerprint density at radius 2 is 1.65 bits per heavy atom. The zero-order valence-corrected chi connectivity index (χ0v) is 12.7. The second-order valence-corrected chi connectivity index (χ2v) is 4.32. The highest BCUT2D eigenvalue weighted by atomic mass is 16.5. The summed E-state index contributed by atoms with van der Waals surface area (Å²) < 4.78 is 14.4. The van der Waals surface area contributed by atoms with Crippen LogP contribution in [0.15, 0.2) is 36.4 Å². The van der Waals surface area contributed by atoms with Crippen LogP contribution in [0.4, 0.5) is 0 Å². The van der Waals surface area contributed by atoms with Crippen LogP contribution in [0.3, 0.4) is 0 Å². The number of carbonyl (C=O) groups excluding carboxylic acids is 3. The van der Waals surface area contributed by atoms with Gasteiger partial charge in [0, 0.05) is 18.6 Å². The van der Waals surface area contributed by atoms with E-state index in [2.05, 4.69) is 4.74 Å². The van der Waals surface area contributed by atoms with Gasteiger partial charge in [0.05, 0.1) is 13.2 Å². The zero-order valence-electron chi connectivity index (χ0n) is 12.7. The summed E-state index contributed by atoms with van der Waals surface area (Å²) in [5.74, 6) is -1.39. The predicted molar refractivity (Wildman–Crippen MR) is 79.7 cm³/mol. The minimum absolute atomic E-state index is 0.0245. The van der Waals surface area contributed by atoms with Crippen molar-refractivity contribution >= 4 is 17.9 Å². The fraction of sp³-hybridized carbons (Fsp3) is 0.312. The van der Waals surface area contributed by atoms with Gasteiger partial charge in [-0.2, -0.15) is 0 Å². The van der Waals surface area contributed by atoms with Crippen LogP contribution < -0.4 is 4.74 Å². The molecule has 0 spiro atoms. The first-order valence-corrected chi connectivity index (χ1v) is 7.02. The number of phenols is 1. The molecule has 0 fully saturated rings. The largest absolute Gasteiger partial charge is 0.508 e. The molecule has 0 radical (unpaired) electrons. The summed E-state index contributed by atoms with van der Waals surface area (Å²) >= 11 is 0. The van der Waals surface area contributed by atoms with Gasteiger partial charge >= 0.3 is 17.9 Å². The number of benzene rings is 1. The maximum Gasteiger partial charge on any atom is 0.331 e. The van der Waals surface area contributed by atoms with E-state index in [0.29, 0.717) is 5.75 Å². The third-order valence-corrected chi connectivity index (χ3v) is 2.48. The van der Waals surface area contributed by atoms with Crippen molar-refractivity contribution in [2.24, 2.45) is 0 Å². The van der Waals surface area contributed by atoms with Crippen LogP contribution in [0.1, 0.15) is 19.8 Å². The van der Waals surface area contributed by atoms with E-state index < -0.39 is 17.9 Å². The van der Waals surface area contributed by atoms with Gasteiger partial charge in [-0.1, -0.05) is 0 Å². The summed E-state index contributed by atoms with van der Waals surface area (Å²) in [7, 11) is 0. The van der Waals surface area contributed by atoms with Crippen LogP contribution in [0.5, 0.6) is 11.5 Å². The SMILES string of the molecule is CCOC(=O)/C=C/C(=O)OCCCC(=O)Oc1ccc(O)cc1. The molecule has 0 unspecified atom stereocenters. The van der Waals surface area contributed by atoms with Gasteiger partial charge in [0.2, 0.25) is 0 Å². The standard InChI is InChI=1S/C16H18O7/c1-2-21-14(18)9-10-15(19)22-11-3-4-16(20)23-13-7-5-12(17)6-8-13/h5-10,17H,2-4,11H2,1H3/b10-9+. The molecule has 1 N–H and O–H groups in total. The first-order chi connectivity index (χ1) is 11.0. The maximum atomic E-state index is 11.5. The second kappa shape index (κ2) is 9.99. The van der Waals surface area contributed by atoms with Crippen LogP contribution in [0.2, 0.25) is 0 Å². The van der Waals surface area contributed by atoms with E-state index in [1.54, 1.807) is 6.92 Å². The molecular weight excluding hydrogens is 304 g/mol. The lowest BCUT2D eigenvalue weighted by atomic mass is 10.3. The normalized spacial score (nSPS) is 10.3. The average molecular weight is 322 g/mol. The average Bonchev–Trinajstić information content (AvgIpc) is 2.52. The third kappa shape index (κ3) is 8.25. The molecule has 1 aromatic rings. The van der Waals surface area contributed by atoms with E-state index >= 15 is 0 Å². The Balaban J connectivity index is 2.18. The van der Waals surface area contributed by atoms with Crippen molar-refractivity contribution in [2.75, 3.05) is 13.2 Å². The number of rotatable bonds is 8. The molecule has 0 aliphatic heterocycles. The summed E-state index contributed by atoms with van der Waals surface area (Å²) in [5.41, 5.74) is 0. The Labute approximate surface area is 133 Å². The van der Waals surface area contributed by atoms with E-state index in [1.165, 1.54) is 24.3 Å². The van der Waals surface area contributed by atoms with Crippen molar-refractivity contribution in [3.8, 4) is 11.5 Å². The first-order valence-electron chi connectivity index (χ1n) is 7.02. The molecule has 1 aromatic carbocycles. The molecule has 0 aliphatic rings. The molecule has 0 aliphatic carbocycles. The topological polar surface area (TPSA) is 99.1 Å². The molecule has 124 valence electrons. The monoisotopic (exact) mass is 322 g/mol. The molecule has 0 amide bonds. The summed E-state index contributed by atoms with van der Waals surface area (Å²) in [6.45, 7) is 1.90. The van der Waals surface area contributed by atoms with Crippen LogP contribution >= 0.6 is 0 Å². The van der Waals surface area contributed by atoms with Gasteiger partial charge < -0.3 is 19.3 Å². The van der Waals surface area contributed by atoms with Crippen molar-refractivity contribution in [1.82, 2.24) is 0 Å². The lowest BCUT2D eigenvalue weighted by Crippen LogP contribution is -2.10. The molecule has 0 aromatic heterocycles. The molecule has 7 nitrogen and oxygen atoms in total. The number of esters is 3. The molecule has 0 heterocycles. The smallest absolute Gasteiger partial charge is 0.331 e. The third-order valence-electron chi connectivity index (χ3n) is 2.48. The number of hydrogen-bond donors (Lipinski definition) is 1. The highest BCUT2D eigenvalue weighted by molar-refractivity contribution is 5.91. The Bertz CT molecular complexity index is 560. The van der Waals surface area contributed by atoms with E-state index in [0.717, 1.165) is 12.2 Å². The zero-order chi connectivity index (χ0) is 17.1. The minimum atomic E-state index is -0.690. The van der Waals surface area contributed by atoms with Crippen molar-refractivity contribution in [3.05, 3.63) is 36.4 Å². The van der Waals surface area contributed by atoms with Gasteiger partial charge in [-0.05, 0) is 37.6 Å². The molecule has 0 saturated carbocycles. The second-order valence-electron chi connectivity index (χ2n) is 4.32. The summed E-state index contributed by atoms with van der Waals surface area (Å²) in [4.78, 5) is 33.8. The van der Waals surface area contributed by atoms with Gasteiger partial charge in [0.1, 0.15) is 11.5 Å². The summed E-state index contributed by atoms with van der Waals surface area (Å²) in [6.07, 6.45) is 2.29. The van der Waals surface area contributed by atoms with Crippen molar-refractivity contribution < 1.29 is 33.7 Å². The highest BCUT2D eigenvalue weighted by Gasteiger charge is 2.06. The van der Waals surface area contributed by atoms with E-state index in [9.17, 15) is 14.4 Å². The molecule has 7 heteroatoms. The molecular formula is C16H18O7. The number of aromatic hydroxyl groups is 1. The van der Waals surface area contributed by atoms with E-state index in [4.69, 9.17) is 14.6 Å². The van der Waals surface area contributed by atoms with Crippen LogP contribution in [0.25, 0.3) is 0 Å². The molecule has 0 bridgehead atoms. The summed E-state index contributed by atoms with van der Waals surface area (Å²) in [5, 5.41) is 9.10. The summed E-state index contributed by atoms with van der Waals surface area (Å²) in [6, 6.07) is 5.74. The van der Waals surface area contributed by atoms with Gasteiger partial charge in [0.15, 0.2) is 0 Å². The highest BCUT2D eigenvalue weighted by Crippen LogP contribution is 2.16. The Hall–Kier alpha value is -2.83. The Kier molecular flexibility index (Phi) is 7.91. The van der Waals surface area contributed by atoms with Crippen LogP contribution in [-0.4, -0.2) is 36.2 Å². The number of carbonyl (C=O) groups is 3. The number of ether oxygens (including phenoxy) is 3. The lowest BCUT2D eigenvalue weighted by Gasteiger charge is -2.04. The minimum Gasteiger partial charge on any atom is -0.508 e. The van der Waals surface area contributed by atoms with Crippen molar-refractivity contribution in [1.29, 1.82) is 0 Å². The van der Waals surface area contributed by atoms with Crippen LogP contribution in [-0.2, 0) is 23.9 Å². The fourth-order valence-corrected chi connectivity index (χ4v) is 1.46. The van der Waals surface area contributed by atoms with Gasteiger partial charge in [-0.25, -0.2) is 9.59 Å².